The topological polar surface area (TPSA) is 0 Å². The van der Waals surface area contributed by atoms with Gasteiger partial charge in [-0.1, -0.05) is 91.6 Å². The highest BCUT2D eigenvalue weighted by molar-refractivity contribution is 6.88. The van der Waals surface area contributed by atoms with Crippen LogP contribution in [0.3, 0.4) is 0 Å². The molecule has 4 aromatic carbocycles. The molecular weight excluding hydrogens is 304 g/mol. The van der Waals surface area contributed by atoms with E-state index in [0.717, 1.165) is 0 Å². The molecule has 0 aliphatic heterocycles. The van der Waals surface area contributed by atoms with E-state index in [9.17, 15) is 0 Å². The van der Waals surface area contributed by atoms with Crippen LogP contribution in [0.15, 0.2) is 78.9 Å². The summed E-state index contributed by atoms with van der Waals surface area (Å²) in [6.07, 6.45) is 0. The molecule has 0 spiro atoms. The fourth-order valence-corrected chi connectivity index (χ4v) is 4.51. The van der Waals surface area contributed by atoms with Gasteiger partial charge in [-0.15, -0.1) is 0 Å². The van der Waals surface area contributed by atoms with Gasteiger partial charge in [-0.25, -0.2) is 0 Å². The second-order valence-electron chi connectivity index (χ2n) is 7.56. The van der Waals surface area contributed by atoms with Crippen molar-refractivity contribution in [1.82, 2.24) is 0 Å². The molecule has 4 rings (SSSR count). The van der Waals surface area contributed by atoms with Gasteiger partial charge in [0.05, 0.1) is 8.07 Å². The van der Waals surface area contributed by atoms with Gasteiger partial charge in [0.15, 0.2) is 0 Å². The summed E-state index contributed by atoms with van der Waals surface area (Å²) in [5, 5.41) is 6.85. The van der Waals surface area contributed by atoms with Gasteiger partial charge in [-0.3, -0.25) is 0 Å². The average Bonchev–Trinajstić information content (AvgIpc) is 2.59. The van der Waals surface area contributed by atoms with Crippen molar-refractivity contribution < 1.29 is 0 Å². The Kier molecular flexibility index (Phi) is 3.54. The zero-order valence-corrected chi connectivity index (χ0v) is 15.5. The van der Waals surface area contributed by atoms with Gasteiger partial charge in [-0.05, 0) is 44.8 Å². The Morgan fingerprint density at radius 3 is 1.88 bits per heavy atom. The van der Waals surface area contributed by atoms with Crippen LogP contribution in [0.4, 0.5) is 0 Å². The van der Waals surface area contributed by atoms with Crippen LogP contribution in [0, 0.1) is 0 Å². The quantitative estimate of drug-likeness (QED) is 0.304. The lowest BCUT2D eigenvalue weighted by molar-refractivity contribution is 1.65. The largest absolute Gasteiger partial charge is 0.0776 e. The van der Waals surface area contributed by atoms with Gasteiger partial charge in [0.25, 0.3) is 0 Å². The number of rotatable bonds is 2. The number of benzene rings is 4. The number of fused-ring (bicyclic) bond motifs is 2. The van der Waals surface area contributed by atoms with Crippen molar-refractivity contribution in [1.29, 1.82) is 0 Å². The third-order valence-electron chi connectivity index (χ3n) is 4.77. The number of hydrogen-bond acceptors (Lipinski definition) is 0. The van der Waals surface area contributed by atoms with Crippen LogP contribution in [-0.4, -0.2) is 8.07 Å². The molecule has 0 saturated heterocycles. The molecule has 4 aromatic rings. The monoisotopic (exact) mass is 326 g/mol. The van der Waals surface area contributed by atoms with E-state index in [1.807, 2.05) is 0 Å². The van der Waals surface area contributed by atoms with Gasteiger partial charge < -0.3 is 0 Å². The molecule has 0 amide bonds. The lowest BCUT2D eigenvalue weighted by atomic mass is 9.95. The summed E-state index contributed by atoms with van der Waals surface area (Å²) < 4.78 is 0. The Morgan fingerprint density at radius 1 is 0.583 bits per heavy atom. The van der Waals surface area contributed by atoms with Crippen molar-refractivity contribution in [2.24, 2.45) is 0 Å². The lowest BCUT2D eigenvalue weighted by Gasteiger charge is -2.20. The van der Waals surface area contributed by atoms with Crippen molar-refractivity contribution >= 4 is 34.8 Å². The third-order valence-corrected chi connectivity index (χ3v) is 6.79. The second kappa shape index (κ2) is 5.61. The van der Waals surface area contributed by atoms with Crippen LogP contribution in [0.1, 0.15) is 0 Å². The van der Waals surface area contributed by atoms with Crippen LogP contribution in [0.2, 0.25) is 19.6 Å². The molecule has 0 unspecified atom stereocenters. The van der Waals surface area contributed by atoms with Crippen LogP contribution >= 0.6 is 0 Å². The number of hydrogen-bond donors (Lipinski definition) is 0. The predicted octanol–water partition coefficient (Wildman–Crippen LogP) is 6.21. The van der Waals surface area contributed by atoms with Gasteiger partial charge in [0.1, 0.15) is 0 Å². The predicted molar refractivity (Wildman–Crippen MR) is 110 cm³/mol. The molecule has 0 aliphatic rings. The molecule has 0 N–H and O–H groups in total. The van der Waals surface area contributed by atoms with E-state index >= 15 is 0 Å². The standard InChI is InChI=1S/C23H22Si/c1-24(2,3)21-14-20-13-18-11-7-8-12-19(18)15-22(20)23(16-21)17-9-5-4-6-10-17/h4-16H,1-3H3. The van der Waals surface area contributed by atoms with Crippen molar-refractivity contribution in [3.8, 4) is 11.1 Å². The first-order valence-corrected chi connectivity index (χ1v) is 12.0. The Balaban J connectivity index is 2.12. The third kappa shape index (κ3) is 2.65. The Bertz CT molecular complexity index is 1020. The molecule has 0 atom stereocenters. The molecule has 0 aliphatic carbocycles. The summed E-state index contributed by atoms with van der Waals surface area (Å²) in [5.41, 5.74) is 2.66. The van der Waals surface area contributed by atoms with Crippen LogP contribution < -0.4 is 5.19 Å². The minimum Gasteiger partial charge on any atom is -0.0656 e. The van der Waals surface area contributed by atoms with Gasteiger partial charge in [0, 0.05) is 0 Å². The molecule has 1 heteroatoms. The van der Waals surface area contributed by atoms with Crippen LogP contribution in [-0.2, 0) is 0 Å². The Labute approximate surface area is 144 Å². The highest BCUT2D eigenvalue weighted by Crippen LogP contribution is 2.32. The molecule has 0 saturated carbocycles. The zero-order chi connectivity index (χ0) is 16.7. The summed E-state index contributed by atoms with van der Waals surface area (Å²) >= 11 is 0. The fourth-order valence-electron chi connectivity index (χ4n) is 3.34. The minimum atomic E-state index is -1.38. The molecule has 0 radical (unpaired) electrons. The van der Waals surface area contributed by atoms with E-state index in [0.29, 0.717) is 0 Å². The Morgan fingerprint density at radius 2 is 1.21 bits per heavy atom. The lowest BCUT2D eigenvalue weighted by Crippen LogP contribution is -2.37. The van der Waals surface area contributed by atoms with E-state index in [1.54, 1.807) is 0 Å². The normalized spacial score (nSPS) is 12.0. The summed E-state index contributed by atoms with van der Waals surface area (Å²) in [6.45, 7) is 7.26. The van der Waals surface area contributed by atoms with Crippen molar-refractivity contribution in [2.75, 3.05) is 0 Å². The second-order valence-corrected chi connectivity index (χ2v) is 12.6. The molecule has 24 heavy (non-hydrogen) atoms. The zero-order valence-electron chi connectivity index (χ0n) is 14.5. The average molecular weight is 327 g/mol. The van der Waals surface area contributed by atoms with Gasteiger partial charge in [-0.2, -0.15) is 0 Å². The van der Waals surface area contributed by atoms with E-state index in [1.165, 1.54) is 37.9 Å². The van der Waals surface area contributed by atoms with Crippen LogP contribution in [0.25, 0.3) is 32.7 Å². The van der Waals surface area contributed by atoms with Crippen molar-refractivity contribution in [3.05, 3.63) is 78.9 Å². The first-order valence-electron chi connectivity index (χ1n) is 8.55. The molecule has 0 fully saturated rings. The molecule has 0 bridgehead atoms. The molecule has 0 heterocycles. The van der Waals surface area contributed by atoms with Crippen LogP contribution in [0.5, 0.6) is 0 Å². The van der Waals surface area contributed by atoms with Gasteiger partial charge >= 0.3 is 0 Å². The Hall–Kier alpha value is -2.38. The summed E-state index contributed by atoms with van der Waals surface area (Å²) in [4.78, 5) is 0. The van der Waals surface area contributed by atoms with Gasteiger partial charge in [0.2, 0.25) is 0 Å². The highest BCUT2D eigenvalue weighted by Gasteiger charge is 2.19. The molecule has 118 valence electrons. The van der Waals surface area contributed by atoms with E-state index in [4.69, 9.17) is 0 Å². The minimum absolute atomic E-state index is 1.30. The maximum Gasteiger partial charge on any atom is 0.0776 e. The SMILES string of the molecule is C[Si](C)(C)c1cc(-c2ccccc2)c2cc3ccccc3cc2c1. The van der Waals surface area contributed by atoms with E-state index in [-0.39, 0.29) is 0 Å². The molecular formula is C23H22Si. The first-order chi connectivity index (χ1) is 11.5. The van der Waals surface area contributed by atoms with E-state index < -0.39 is 8.07 Å². The van der Waals surface area contributed by atoms with Crippen molar-refractivity contribution in [2.45, 2.75) is 19.6 Å². The van der Waals surface area contributed by atoms with E-state index in [2.05, 4.69) is 98.5 Å². The highest BCUT2D eigenvalue weighted by atomic mass is 28.3. The summed E-state index contributed by atoms with van der Waals surface area (Å²) in [7, 11) is -1.38. The maximum atomic E-state index is 2.43. The first kappa shape index (κ1) is 15.2. The smallest absolute Gasteiger partial charge is 0.0656 e. The summed E-state index contributed by atoms with van der Waals surface area (Å²) in [5.74, 6) is 0. The fraction of sp³-hybridized carbons (Fsp3) is 0.130. The molecule has 0 aromatic heterocycles. The summed E-state index contributed by atoms with van der Waals surface area (Å²) in [6, 6.07) is 29.0. The van der Waals surface area contributed by atoms with Crippen molar-refractivity contribution in [3.63, 3.8) is 0 Å². The maximum absolute atomic E-state index is 2.43. The molecule has 0 nitrogen and oxygen atoms in total.